The number of rotatable bonds is 15. The van der Waals surface area contributed by atoms with E-state index in [0.717, 1.165) is 50.9 Å². The summed E-state index contributed by atoms with van der Waals surface area (Å²) in [5, 5.41) is 3.83. The van der Waals surface area contributed by atoms with Crippen molar-refractivity contribution in [2.45, 2.75) is 57.0 Å². The van der Waals surface area contributed by atoms with Crippen LogP contribution in [-0.4, -0.2) is 60.8 Å². The van der Waals surface area contributed by atoms with Gasteiger partial charge in [-0.25, -0.2) is 9.59 Å². The molecule has 4 aromatic rings. The molecule has 53 heavy (non-hydrogen) atoms. The summed E-state index contributed by atoms with van der Waals surface area (Å²) in [5.41, 5.74) is 2.35. The van der Waals surface area contributed by atoms with Gasteiger partial charge in [0.2, 0.25) is 0 Å². The van der Waals surface area contributed by atoms with Gasteiger partial charge in [-0.2, -0.15) is 8.78 Å². The van der Waals surface area contributed by atoms with Crippen LogP contribution >= 0.6 is 23.2 Å². The molecule has 8 rings (SSSR count). The molecule has 9 nitrogen and oxygen atoms in total. The van der Waals surface area contributed by atoms with E-state index in [2.05, 4.69) is 15.2 Å². The number of carbonyl (C=O) groups is 2. The third-order valence-corrected chi connectivity index (χ3v) is 10.6. The van der Waals surface area contributed by atoms with Crippen LogP contribution in [0.4, 0.5) is 14.5 Å². The van der Waals surface area contributed by atoms with Gasteiger partial charge in [0, 0.05) is 31.0 Å². The molecule has 3 aromatic carbocycles. The zero-order valence-corrected chi connectivity index (χ0v) is 30.3. The fourth-order valence-corrected chi connectivity index (χ4v) is 7.37. The minimum Gasteiger partial charge on any atom is -0.489 e. The lowest BCUT2D eigenvalue weighted by atomic mass is 9.86. The minimum absolute atomic E-state index is 0.0441. The number of benzene rings is 3. The lowest BCUT2D eigenvalue weighted by Crippen LogP contribution is -2.52. The molecule has 278 valence electrons. The number of anilines is 1. The largest absolute Gasteiger partial charge is 0.489 e. The normalized spacial score (nSPS) is 20.4. The van der Waals surface area contributed by atoms with Crippen LogP contribution in [0.3, 0.4) is 0 Å². The summed E-state index contributed by atoms with van der Waals surface area (Å²) in [5.74, 6) is -0.422. The molecule has 1 aromatic heterocycles. The molecule has 2 bridgehead atoms. The average Bonchev–Trinajstić information content (AvgIpc) is 4.00. The number of esters is 2. The average molecular weight is 767 g/mol. The maximum absolute atomic E-state index is 13.9. The number of hydrogen-bond donors (Lipinski definition) is 1. The van der Waals surface area contributed by atoms with Gasteiger partial charge < -0.3 is 24.3 Å². The van der Waals surface area contributed by atoms with Gasteiger partial charge in [-0.3, -0.25) is 9.88 Å². The lowest BCUT2D eigenvalue weighted by Gasteiger charge is -2.44. The summed E-state index contributed by atoms with van der Waals surface area (Å²) in [6.07, 6.45) is 5.76. The number of aromatic nitrogens is 1. The third kappa shape index (κ3) is 9.38. The van der Waals surface area contributed by atoms with Gasteiger partial charge in [0.1, 0.15) is 12.2 Å². The molecule has 1 saturated carbocycles. The Labute approximate surface area is 316 Å². The van der Waals surface area contributed by atoms with Gasteiger partial charge in [0.25, 0.3) is 0 Å². The van der Waals surface area contributed by atoms with Gasteiger partial charge >= 0.3 is 18.6 Å². The number of nitrogens with one attached hydrogen (secondary N) is 1. The highest BCUT2D eigenvalue weighted by molar-refractivity contribution is 6.35. The van der Waals surface area contributed by atoms with Gasteiger partial charge in [0.15, 0.2) is 17.5 Å². The number of pyridine rings is 1. The van der Waals surface area contributed by atoms with E-state index >= 15 is 0 Å². The lowest BCUT2D eigenvalue weighted by molar-refractivity contribution is -0.159. The van der Waals surface area contributed by atoms with Crippen molar-refractivity contribution < 1.29 is 37.3 Å². The van der Waals surface area contributed by atoms with Crippen molar-refractivity contribution in [2.75, 3.05) is 31.6 Å². The summed E-state index contributed by atoms with van der Waals surface area (Å²) < 4.78 is 49.4. The van der Waals surface area contributed by atoms with E-state index in [1.165, 1.54) is 30.6 Å². The van der Waals surface area contributed by atoms with Crippen LogP contribution in [0.1, 0.15) is 64.9 Å². The summed E-state index contributed by atoms with van der Waals surface area (Å²) in [7, 11) is 0. The second kappa shape index (κ2) is 16.7. The van der Waals surface area contributed by atoms with Crippen molar-refractivity contribution >= 4 is 40.8 Å². The highest BCUT2D eigenvalue weighted by Crippen LogP contribution is 2.38. The molecule has 0 spiro atoms. The Hall–Kier alpha value is -4.45. The van der Waals surface area contributed by atoms with Gasteiger partial charge in [-0.15, -0.1) is 0 Å². The van der Waals surface area contributed by atoms with E-state index < -0.39 is 30.7 Å². The van der Waals surface area contributed by atoms with Gasteiger partial charge in [0.05, 0.1) is 22.2 Å². The molecule has 1 aliphatic carbocycles. The molecular formula is C40H39Cl2F2N3O6. The SMILES string of the molecule is O=C(OC(Cc1c(Cl)cncc1Cl)c1ccc(OC(F)F)c(OCC2CC2)c1)c1cccc(NC(C(=O)OC2CN3CCC2CC3)c2ccccc2)c1. The number of alkyl halides is 2. The number of carbonyl (C=O) groups excluding carboxylic acids is 2. The number of ether oxygens (including phenoxy) is 4. The zero-order chi connectivity index (χ0) is 36.9. The van der Waals surface area contributed by atoms with Crippen molar-refractivity contribution in [1.82, 2.24) is 9.88 Å². The molecule has 0 amide bonds. The Kier molecular flexibility index (Phi) is 11.6. The molecule has 4 fully saturated rings. The number of hydrogen-bond acceptors (Lipinski definition) is 9. The van der Waals surface area contributed by atoms with E-state index in [-0.39, 0.29) is 39.6 Å². The van der Waals surface area contributed by atoms with Crippen molar-refractivity contribution in [3.63, 3.8) is 0 Å². The van der Waals surface area contributed by atoms with E-state index in [9.17, 15) is 18.4 Å². The first-order valence-electron chi connectivity index (χ1n) is 17.7. The fraction of sp³-hybridized carbons (Fsp3) is 0.375. The Morgan fingerprint density at radius 2 is 1.64 bits per heavy atom. The topological polar surface area (TPSA) is 99.2 Å². The first kappa shape index (κ1) is 36.9. The Morgan fingerprint density at radius 1 is 0.887 bits per heavy atom. The third-order valence-electron chi connectivity index (χ3n) is 9.96. The van der Waals surface area contributed by atoms with E-state index in [4.69, 9.17) is 42.1 Å². The van der Waals surface area contributed by atoms with Crippen LogP contribution < -0.4 is 14.8 Å². The van der Waals surface area contributed by atoms with Crippen LogP contribution in [0.2, 0.25) is 10.0 Å². The summed E-state index contributed by atoms with van der Waals surface area (Å²) in [4.78, 5) is 34.0. The molecule has 3 atom stereocenters. The first-order chi connectivity index (χ1) is 25.7. The highest BCUT2D eigenvalue weighted by atomic mass is 35.5. The molecule has 4 heterocycles. The number of halogens is 4. The Bertz CT molecular complexity index is 1890. The number of piperidine rings is 3. The number of fused-ring (bicyclic) bond motifs is 3. The Balaban J connectivity index is 1.13. The molecule has 1 N–H and O–H groups in total. The summed E-state index contributed by atoms with van der Waals surface area (Å²) in [6, 6.07) is 19.5. The van der Waals surface area contributed by atoms with Gasteiger partial charge in [-0.1, -0.05) is 65.7 Å². The molecule has 0 radical (unpaired) electrons. The minimum atomic E-state index is -3.06. The second-order valence-electron chi connectivity index (χ2n) is 13.7. The quantitative estimate of drug-likeness (QED) is 0.119. The highest BCUT2D eigenvalue weighted by Gasteiger charge is 2.38. The standard InChI is InChI=1S/C40H39Cl2F2N3O6/c41-31-20-45-21-32(42)30(31)19-34(27-11-12-33(53-40(43)44)35(18-27)50-23-24-9-10-24)51-38(48)28-7-4-8-29(17-28)46-37(26-5-2-1-3-6-26)39(49)52-36-22-47-15-13-25(36)14-16-47/h1-8,11-12,17-18,20-21,24-25,34,36-37,40,46H,9-10,13-16,19,22-23H2. The molecule has 3 unspecified atom stereocenters. The molecule has 13 heteroatoms. The van der Waals surface area contributed by atoms with Crippen LogP contribution in [0, 0.1) is 11.8 Å². The summed E-state index contributed by atoms with van der Waals surface area (Å²) in [6.45, 7) is 0.0639. The first-order valence-corrected chi connectivity index (χ1v) is 18.5. The van der Waals surface area contributed by atoms with Crippen molar-refractivity contribution in [2.24, 2.45) is 11.8 Å². The molecule has 4 aliphatic rings. The van der Waals surface area contributed by atoms with Crippen molar-refractivity contribution in [3.8, 4) is 11.5 Å². The maximum Gasteiger partial charge on any atom is 0.387 e. The summed E-state index contributed by atoms with van der Waals surface area (Å²) >= 11 is 13.0. The Morgan fingerprint density at radius 3 is 2.32 bits per heavy atom. The van der Waals surface area contributed by atoms with E-state index in [1.807, 2.05) is 30.3 Å². The zero-order valence-electron chi connectivity index (χ0n) is 28.8. The van der Waals surface area contributed by atoms with Crippen LogP contribution in [0.15, 0.2) is 85.2 Å². The predicted octanol–water partition coefficient (Wildman–Crippen LogP) is 8.71. The predicted molar refractivity (Wildman–Crippen MR) is 196 cm³/mol. The van der Waals surface area contributed by atoms with Crippen molar-refractivity contribution in [1.29, 1.82) is 0 Å². The van der Waals surface area contributed by atoms with Crippen LogP contribution in [-0.2, 0) is 20.7 Å². The maximum atomic E-state index is 13.9. The van der Waals surface area contributed by atoms with E-state index in [1.54, 1.807) is 24.3 Å². The van der Waals surface area contributed by atoms with Crippen LogP contribution in [0.25, 0.3) is 0 Å². The molecule has 3 saturated heterocycles. The monoisotopic (exact) mass is 765 g/mol. The molecule has 3 aliphatic heterocycles. The van der Waals surface area contributed by atoms with Gasteiger partial charge in [-0.05, 0) is 97.6 Å². The number of nitrogens with zero attached hydrogens (tertiary/aromatic N) is 2. The van der Waals surface area contributed by atoms with Crippen molar-refractivity contribution in [3.05, 3.63) is 117 Å². The fourth-order valence-electron chi connectivity index (χ4n) is 6.85. The molecular weight excluding hydrogens is 727 g/mol. The second-order valence-corrected chi connectivity index (χ2v) is 14.5. The van der Waals surface area contributed by atoms with E-state index in [0.29, 0.717) is 35.3 Å². The smallest absolute Gasteiger partial charge is 0.387 e. The van der Waals surface area contributed by atoms with Crippen LogP contribution in [0.5, 0.6) is 11.5 Å².